The predicted octanol–water partition coefficient (Wildman–Crippen LogP) is 5.22. The van der Waals surface area contributed by atoms with Gasteiger partial charge in [0.25, 0.3) is 0 Å². The molecule has 5 rings (SSSR count). The number of ether oxygens (including phenoxy) is 1. The minimum Gasteiger partial charge on any atom is -0.486 e. The van der Waals surface area contributed by atoms with Gasteiger partial charge in [-0.25, -0.2) is 4.68 Å². The van der Waals surface area contributed by atoms with Crippen molar-refractivity contribution in [3.63, 3.8) is 0 Å². The van der Waals surface area contributed by atoms with Crippen LogP contribution in [0.5, 0.6) is 5.75 Å². The number of carbonyl (C=O) groups excluding carboxylic acids is 1. The summed E-state index contributed by atoms with van der Waals surface area (Å²) in [6.07, 6.45) is 0. The number of hydrogen-bond acceptors (Lipinski definition) is 6. The van der Waals surface area contributed by atoms with E-state index in [-0.39, 0.29) is 18.6 Å². The van der Waals surface area contributed by atoms with Crippen LogP contribution in [0, 0.1) is 6.92 Å². The number of benzene rings is 3. The van der Waals surface area contributed by atoms with Crippen LogP contribution >= 0.6 is 23.4 Å². The summed E-state index contributed by atoms with van der Waals surface area (Å²) >= 11 is 7.46. The van der Waals surface area contributed by atoms with E-state index in [2.05, 4.69) is 20.9 Å². The van der Waals surface area contributed by atoms with Crippen molar-refractivity contribution in [2.24, 2.45) is 0 Å². The average Bonchev–Trinajstić information content (AvgIpc) is 3.25. The summed E-state index contributed by atoms with van der Waals surface area (Å²) < 4.78 is 7.68. The van der Waals surface area contributed by atoms with Crippen LogP contribution in [0.4, 0.5) is 5.69 Å². The first kappa shape index (κ1) is 22.3. The van der Waals surface area contributed by atoms with Crippen LogP contribution in [-0.2, 0) is 11.4 Å². The van der Waals surface area contributed by atoms with E-state index in [9.17, 15) is 4.79 Å². The Morgan fingerprint density at radius 1 is 1.09 bits per heavy atom. The molecule has 34 heavy (non-hydrogen) atoms. The number of carbonyl (C=O) groups is 1. The lowest BCUT2D eigenvalue weighted by Crippen LogP contribution is -2.41. The molecule has 0 fully saturated rings. The lowest BCUT2D eigenvalue weighted by molar-refractivity contribution is -0.116. The molecule has 1 aromatic heterocycles. The van der Waals surface area contributed by atoms with Gasteiger partial charge in [0.05, 0.1) is 6.04 Å². The zero-order valence-electron chi connectivity index (χ0n) is 18.3. The third-order valence-corrected chi connectivity index (χ3v) is 6.85. The number of para-hydroxylation sites is 1. The Morgan fingerprint density at radius 2 is 1.88 bits per heavy atom. The van der Waals surface area contributed by atoms with Crippen molar-refractivity contribution >= 4 is 35.0 Å². The van der Waals surface area contributed by atoms with Crippen molar-refractivity contribution in [2.45, 2.75) is 30.0 Å². The fourth-order valence-corrected chi connectivity index (χ4v) is 4.95. The Kier molecular flexibility index (Phi) is 6.42. The molecule has 0 unspecified atom stereocenters. The number of halogens is 1. The molecule has 172 valence electrons. The third-order valence-electron chi connectivity index (χ3n) is 5.40. The van der Waals surface area contributed by atoms with Gasteiger partial charge < -0.3 is 15.5 Å². The van der Waals surface area contributed by atoms with Gasteiger partial charge in [-0.1, -0.05) is 77.5 Å². The van der Waals surface area contributed by atoms with E-state index in [4.69, 9.17) is 16.3 Å². The number of aryl methyl sites for hydroxylation is 1. The van der Waals surface area contributed by atoms with Gasteiger partial charge >= 0.3 is 0 Å². The van der Waals surface area contributed by atoms with E-state index in [1.807, 2.05) is 67.6 Å². The lowest BCUT2D eigenvalue weighted by Gasteiger charge is -2.33. The highest BCUT2D eigenvalue weighted by molar-refractivity contribution is 8.00. The van der Waals surface area contributed by atoms with Crippen LogP contribution in [-0.4, -0.2) is 26.0 Å². The molecular formula is C25H22ClN5O2S. The van der Waals surface area contributed by atoms with Gasteiger partial charge in [-0.15, -0.1) is 10.2 Å². The number of rotatable bonds is 6. The normalized spacial score (nSPS) is 16.9. The van der Waals surface area contributed by atoms with Gasteiger partial charge in [0.1, 0.15) is 17.6 Å². The molecule has 0 saturated heterocycles. The molecule has 1 aliphatic rings. The quantitative estimate of drug-likeness (QED) is 0.385. The molecule has 3 aromatic carbocycles. The molecule has 9 heteroatoms. The maximum atomic E-state index is 13.4. The summed E-state index contributed by atoms with van der Waals surface area (Å²) in [4.78, 5) is 13.4. The highest BCUT2D eigenvalue weighted by Gasteiger charge is 2.38. The standard InChI is InChI=1S/C25H22ClN5O2S/c1-16-10-12-17(13-11-16)22-23(24(32)27-19-7-5-6-18(26)14-19)34-25-29-28-21(31(25)30-22)15-33-20-8-3-2-4-9-20/h2-14,22-23,30H,15H2,1H3,(H,27,32)/t22-,23+/m1/s1. The van der Waals surface area contributed by atoms with E-state index in [1.54, 1.807) is 22.9 Å². The smallest absolute Gasteiger partial charge is 0.240 e. The summed E-state index contributed by atoms with van der Waals surface area (Å²) in [7, 11) is 0. The van der Waals surface area contributed by atoms with Crippen molar-refractivity contribution in [3.8, 4) is 5.75 Å². The molecule has 4 aromatic rings. The monoisotopic (exact) mass is 491 g/mol. The molecular weight excluding hydrogens is 470 g/mol. The number of hydrogen-bond donors (Lipinski definition) is 2. The first-order valence-electron chi connectivity index (χ1n) is 10.8. The van der Waals surface area contributed by atoms with E-state index < -0.39 is 5.25 Å². The number of anilines is 1. The largest absolute Gasteiger partial charge is 0.486 e. The van der Waals surface area contributed by atoms with Crippen LogP contribution in [0.1, 0.15) is 23.0 Å². The SMILES string of the molecule is Cc1ccc([C@H]2Nn3c(COc4ccccc4)nnc3S[C@@H]2C(=O)Nc2cccc(Cl)c2)cc1. The zero-order valence-corrected chi connectivity index (χ0v) is 19.9. The van der Waals surface area contributed by atoms with Crippen molar-refractivity contribution in [1.82, 2.24) is 14.9 Å². The van der Waals surface area contributed by atoms with Crippen LogP contribution in [0.3, 0.4) is 0 Å². The molecule has 1 amide bonds. The summed E-state index contributed by atoms with van der Waals surface area (Å²) in [5.74, 6) is 1.22. The van der Waals surface area contributed by atoms with Crippen LogP contribution < -0.4 is 15.5 Å². The molecule has 0 radical (unpaired) electrons. The summed E-state index contributed by atoms with van der Waals surface area (Å²) in [6, 6.07) is 24.5. The highest BCUT2D eigenvalue weighted by atomic mass is 35.5. The second-order valence-electron chi connectivity index (χ2n) is 7.89. The van der Waals surface area contributed by atoms with Crippen LogP contribution in [0.15, 0.2) is 84.0 Å². The topological polar surface area (TPSA) is 81.1 Å². The molecule has 2 atom stereocenters. The number of thioether (sulfide) groups is 1. The van der Waals surface area contributed by atoms with E-state index in [0.717, 1.165) is 16.9 Å². The second kappa shape index (κ2) is 9.79. The van der Waals surface area contributed by atoms with Crippen molar-refractivity contribution in [2.75, 3.05) is 10.7 Å². The first-order chi connectivity index (χ1) is 16.6. The Balaban J connectivity index is 1.42. The minimum atomic E-state index is -0.485. The van der Waals surface area contributed by atoms with E-state index in [0.29, 0.717) is 21.7 Å². The zero-order chi connectivity index (χ0) is 23.5. The number of amides is 1. The minimum absolute atomic E-state index is 0.151. The number of nitrogens with zero attached hydrogens (tertiary/aromatic N) is 3. The van der Waals surface area contributed by atoms with Gasteiger partial charge in [0.2, 0.25) is 11.1 Å². The number of aromatic nitrogens is 3. The maximum absolute atomic E-state index is 13.4. The maximum Gasteiger partial charge on any atom is 0.240 e. The molecule has 7 nitrogen and oxygen atoms in total. The highest BCUT2D eigenvalue weighted by Crippen LogP contribution is 2.38. The third kappa shape index (κ3) is 4.88. The van der Waals surface area contributed by atoms with Crippen LogP contribution in [0.25, 0.3) is 0 Å². The van der Waals surface area contributed by atoms with Crippen molar-refractivity contribution in [3.05, 3.63) is 101 Å². The molecule has 2 N–H and O–H groups in total. The first-order valence-corrected chi connectivity index (χ1v) is 12.0. The Labute approximate surface area is 206 Å². The van der Waals surface area contributed by atoms with E-state index >= 15 is 0 Å². The predicted molar refractivity (Wildman–Crippen MR) is 134 cm³/mol. The molecule has 1 aliphatic heterocycles. The molecule has 0 bridgehead atoms. The van der Waals surface area contributed by atoms with Gasteiger partial charge in [0.15, 0.2) is 5.82 Å². The van der Waals surface area contributed by atoms with Crippen LogP contribution in [0.2, 0.25) is 5.02 Å². The Hall–Kier alpha value is -3.49. The lowest BCUT2D eigenvalue weighted by atomic mass is 10.0. The molecule has 0 aliphatic carbocycles. The molecule has 2 heterocycles. The fraction of sp³-hybridized carbons (Fsp3) is 0.160. The van der Waals surface area contributed by atoms with Gasteiger partial charge in [-0.2, -0.15) is 0 Å². The summed E-state index contributed by atoms with van der Waals surface area (Å²) in [6.45, 7) is 2.28. The Morgan fingerprint density at radius 3 is 2.65 bits per heavy atom. The molecule has 0 saturated carbocycles. The summed E-state index contributed by atoms with van der Waals surface area (Å²) in [5, 5.41) is 12.3. The number of fused-ring (bicyclic) bond motifs is 1. The second-order valence-corrected chi connectivity index (χ2v) is 9.44. The van der Waals surface area contributed by atoms with Crippen molar-refractivity contribution < 1.29 is 9.53 Å². The Bertz CT molecular complexity index is 1300. The molecule has 0 spiro atoms. The van der Waals surface area contributed by atoms with Crippen molar-refractivity contribution in [1.29, 1.82) is 0 Å². The number of nitrogens with one attached hydrogen (secondary N) is 2. The van der Waals surface area contributed by atoms with Gasteiger partial charge in [0, 0.05) is 10.7 Å². The average molecular weight is 492 g/mol. The van der Waals surface area contributed by atoms with E-state index in [1.165, 1.54) is 11.8 Å². The van der Waals surface area contributed by atoms with Gasteiger partial charge in [-0.3, -0.25) is 4.79 Å². The fourth-order valence-electron chi connectivity index (χ4n) is 3.66. The van der Waals surface area contributed by atoms with Gasteiger partial charge in [-0.05, 0) is 42.8 Å². The summed E-state index contributed by atoms with van der Waals surface area (Å²) in [5.41, 5.74) is 6.23.